The van der Waals surface area contributed by atoms with Crippen LogP contribution in [-0.4, -0.2) is 28.9 Å². The zero-order valence-corrected chi connectivity index (χ0v) is 14.4. The number of carbonyl (C=O) groups is 2. The summed E-state index contributed by atoms with van der Waals surface area (Å²) >= 11 is 1.79. The van der Waals surface area contributed by atoms with Crippen LogP contribution in [0.3, 0.4) is 0 Å². The Bertz CT molecular complexity index is 584. The normalized spacial score (nSPS) is 22.2. The summed E-state index contributed by atoms with van der Waals surface area (Å²) in [5.41, 5.74) is 1.55. The number of hydrogen-bond acceptors (Lipinski definition) is 3. The topological polar surface area (TPSA) is 49.4 Å². The third-order valence-electron chi connectivity index (χ3n) is 4.62. The van der Waals surface area contributed by atoms with Crippen LogP contribution in [0.25, 0.3) is 0 Å². The average molecular weight is 332 g/mol. The molecule has 23 heavy (non-hydrogen) atoms. The van der Waals surface area contributed by atoms with Crippen LogP contribution < -0.4 is 10.2 Å². The Morgan fingerprint density at radius 3 is 2.78 bits per heavy atom. The lowest BCUT2D eigenvalue weighted by Crippen LogP contribution is -2.40. The largest absolute Gasteiger partial charge is 0.324 e. The lowest BCUT2D eigenvalue weighted by molar-refractivity contribution is -0.117. The minimum absolute atomic E-state index is 0.0276. The summed E-state index contributed by atoms with van der Waals surface area (Å²) in [6.45, 7) is 1.95. The quantitative estimate of drug-likeness (QED) is 0.915. The molecule has 3 rings (SSSR count). The van der Waals surface area contributed by atoms with E-state index < -0.39 is 0 Å². The van der Waals surface area contributed by atoms with Crippen LogP contribution in [-0.2, 0) is 9.59 Å². The molecule has 1 atom stereocenters. The van der Waals surface area contributed by atoms with E-state index in [0.717, 1.165) is 11.4 Å². The summed E-state index contributed by atoms with van der Waals surface area (Å²) in [7, 11) is 0. The number of amides is 2. The highest BCUT2D eigenvalue weighted by molar-refractivity contribution is 8.00. The van der Waals surface area contributed by atoms with Gasteiger partial charge in [0.25, 0.3) is 0 Å². The van der Waals surface area contributed by atoms with Gasteiger partial charge < -0.3 is 10.2 Å². The monoisotopic (exact) mass is 332 g/mol. The third kappa shape index (κ3) is 3.89. The van der Waals surface area contributed by atoms with Crippen molar-refractivity contribution in [3.8, 4) is 0 Å². The van der Waals surface area contributed by atoms with Gasteiger partial charge in [0, 0.05) is 17.7 Å². The maximum atomic E-state index is 12.8. The van der Waals surface area contributed by atoms with E-state index in [-0.39, 0.29) is 17.9 Å². The molecule has 1 fully saturated rings. The molecule has 0 bridgehead atoms. The van der Waals surface area contributed by atoms with Crippen LogP contribution in [0.1, 0.15) is 45.4 Å². The van der Waals surface area contributed by atoms with Crippen molar-refractivity contribution in [1.29, 1.82) is 0 Å². The SMILES string of the molecule is C[C@@H]1CC(=O)Nc2ccccc2N1C(=O)CSC1CCCCC1. The van der Waals surface area contributed by atoms with Crippen molar-refractivity contribution in [3.05, 3.63) is 24.3 Å². The summed E-state index contributed by atoms with van der Waals surface area (Å²) in [6.07, 6.45) is 6.69. The van der Waals surface area contributed by atoms with Crippen LogP contribution in [0.5, 0.6) is 0 Å². The molecular formula is C18H24N2O2S. The zero-order valence-electron chi connectivity index (χ0n) is 13.6. The fourth-order valence-corrected chi connectivity index (χ4v) is 4.64. The maximum Gasteiger partial charge on any atom is 0.237 e. The number of thioether (sulfide) groups is 1. The van der Waals surface area contributed by atoms with Crippen LogP contribution >= 0.6 is 11.8 Å². The molecule has 2 amide bonds. The van der Waals surface area contributed by atoms with Crippen molar-refractivity contribution in [2.45, 2.75) is 56.7 Å². The van der Waals surface area contributed by atoms with Gasteiger partial charge in [-0.15, -0.1) is 11.8 Å². The van der Waals surface area contributed by atoms with E-state index in [4.69, 9.17) is 0 Å². The van der Waals surface area contributed by atoms with Gasteiger partial charge in [-0.2, -0.15) is 0 Å². The Morgan fingerprint density at radius 2 is 2.00 bits per heavy atom. The molecule has 1 N–H and O–H groups in total. The molecule has 1 aromatic carbocycles. The van der Waals surface area contributed by atoms with Gasteiger partial charge in [-0.05, 0) is 31.9 Å². The van der Waals surface area contributed by atoms with Gasteiger partial charge in [0.15, 0.2) is 0 Å². The van der Waals surface area contributed by atoms with Gasteiger partial charge in [-0.1, -0.05) is 31.4 Å². The summed E-state index contributed by atoms with van der Waals surface area (Å²) in [5, 5.41) is 3.52. The Balaban J connectivity index is 1.73. The van der Waals surface area contributed by atoms with Crippen molar-refractivity contribution in [3.63, 3.8) is 0 Å². The molecule has 124 valence electrons. The first-order valence-electron chi connectivity index (χ1n) is 8.47. The van der Waals surface area contributed by atoms with E-state index in [9.17, 15) is 9.59 Å². The Kier molecular flexibility index (Phi) is 5.26. The minimum Gasteiger partial charge on any atom is -0.324 e. The summed E-state index contributed by atoms with van der Waals surface area (Å²) in [5.74, 6) is 0.578. The number of benzene rings is 1. The van der Waals surface area contributed by atoms with Crippen molar-refractivity contribution in [2.24, 2.45) is 0 Å². The summed E-state index contributed by atoms with van der Waals surface area (Å²) < 4.78 is 0. The highest BCUT2D eigenvalue weighted by atomic mass is 32.2. The van der Waals surface area contributed by atoms with E-state index >= 15 is 0 Å². The molecule has 0 spiro atoms. The second kappa shape index (κ2) is 7.39. The highest BCUT2D eigenvalue weighted by Gasteiger charge is 2.29. The average Bonchev–Trinajstić information content (AvgIpc) is 2.68. The molecule has 1 saturated carbocycles. The van der Waals surface area contributed by atoms with Crippen molar-refractivity contribution >= 4 is 35.0 Å². The Labute approximate surface area is 142 Å². The summed E-state index contributed by atoms with van der Waals surface area (Å²) in [4.78, 5) is 26.6. The number of nitrogens with one attached hydrogen (secondary N) is 1. The number of hydrogen-bond donors (Lipinski definition) is 1. The number of anilines is 2. The zero-order chi connectivity index (χ0) is 16.2. The molecule has 0 aromatic heterocycles. The number of fused-ring (bicyclic) bond motifs is 1. The molecule has 5 heteroatoms. The van der Waals surface area contributed by atoms with Gasteiger partial charge in [0.05, 0.1) is 17.1 Å². The molecule has 1 aliphatic heterocycles. The first kappa shape index (κ1) is 16.4. The van der Waals surface area contributed by atoms with Crippen LogP contribution in [0.4, 0.5) is 11.4 Å². The van der Waals surface area contributed by atoms with Gasteiger partial charge in [0.2, 0.25) is 11.8 Å². The molecule has 0 saturated heterocycles. The molecule has 1 heterocycles. The number of nitrogens with zero attached hydrogens (tertiary/aromatic N) is 1. The van der Waals surface area contributed by atoms with E-state index in [1.807, 2.05) is 36.1 Å². The Hall–Kier alpha value is -1.49. The van der Waals surface area contributed by atoms with Crippen LogP contribution in [0.2, 0.25) is 0 Å². The summed E-state index contributed by atoms with van der Waals surface area (Å²) in [6, 6.07) is 7.46. The molecule has 0 unspecified atom stereocenters. The predicted octanol–water partition coefficient (Wildman–Crippen LogP) is 3.82. The van der Waals surface area contributed by atoms with E-state index in [0.29, 0.717) is 17.4 Å². The van der Waals surface area contributed by atoms with E-state index in [2.05, 4.69) is 5.32 Å². The van der Waals surface area contributed by atoms with E-state index in [1.54, 1.807) is 11.8 Å². The smallest absolute Gasteiger partial charge is 0.237 e. The molecule has 1 aliphatic carbocycles. The maximum absolute atomic E-state index is 12.8. The van der Waals surface area contributed by atoms with E-state index in [1.165, 1.54) is 32.1 Å². The lowest BCUT2D eigenvalue weighted by atomic mass is 10.0. The molecule has 1 aromatic rings. The van der Waals surface area contributed by atoms with Gasteiger partial charge in [-0.3, -0.25) is 9.59 Å². The minimum atomic E-state index is -0.113. The first-order chi connectivity index (χ1) is 11.1. The van der Waals surface area contributed by atoms with Crippen LogP contribution in [0, 0.1) is 0 Å². The second-order valence-corrected chi connectivity index (χ2v) is 7.74. The van der Waals surface area contributed by atoms with Gasteiger partial charge in [0.1, 0.15) is 0 Å². The third-order valence-corrected chi connectivity index (χ3v) is 5.98. The molecule has 2 aliphatic rings. The van der Waals surface area contributed by atoms with Crippen molar-refractivity contribution in [1.82, 2.24) is 0 Å². The number of para-hydroxylation sites is 2. The first-order valence-corrected chi connectivity index (χ1v) is 9.52. The number of rotatable bonds is 3. The van der Waals surface area contributed by atoms with Crippen LogP contribution in [0.15, 0.2) is 24.3 Å². The lowest BCUT2D eigenvalue weighted by Gasteiger charge is -2.29. The predicted molar refractivity (Wildman–Crippen MR) is 96.0 cm³/mol. The number of carbonyl (C=O) groups excluding carboxylic acids is 2. The highest BCUT2D eigenvalue weighted by Crippen LogP contribution is 2.33. The van der Waals surface area contributed by atoms with Crippen molar-refractivity contribution < 1.29 is 9.59 Å². The second-order valence-electron chi connectivity index (χ2n) is 6.45. The molecular weight excluding hydrogens is 308 g/mol. The fraction of sp³-hybridized carbons (Fsp3) is 0.556. The molecule has 0 radical (unpaired) electrons. The Morgan fingerprint density at radius 1 is 1.26 bits per heavy atom. The standard InChI is InChI=1S/C18H24N2O2S/c1-13-11-17(21)19-15-9-5-6-10-16(15)20(13)18(22)12-23-14-7-3-2-4-8-14/h5-6,9-10,13-14H,2-4,7-8,11-12H2,1H3,(H,19,21)/t13-/m1/s1. The molecule has 4 nitrogen and oxygen atoms in total. The fourth-order valence-electron chi connectivity index (χ4n) is 3.46. The van der Waals surface area contributed by atoms with Gasteiger partial charge >= 0.3 is 0 Å². The van der Waals surface area contributed by atoms with Crippen molar-refractivity contribution in [2.75, 3.05) is 16.0 Å². The van der Waals surface area contributed by atoms with Gasteiger partial charge in [-0.25, -0.2) is 0 Å².